The Balaban J connectivity index is 0.00000288. The van der Waals surface area contributed by atoms with E-state index in [9.17, 15) is 9.59 Å². The minimum absolute atomic E-state index is 0. The Bertz CT molecular complexity index is 526. The SMILES string of the molecule is COC(=O)C[C@H]1CC[C@H](c2ccc(NC(=O)CCN)cc2)CC1.Cl. The second-order valence-electron chi connectivity index (χ2n) is 6.21. The molecule has 1 fully saturated rings. The third kappa shape index (κ3) is 6.13. The van der Waals surface area contributed by atoms with E-state index in [0.29, 0.717) is 31.2 Å². The van der Waals surface area contributed by atoms with Gasteiger partial charge in [0.05, 0.1) is 7.11 Å². The fourth-order valence-electron chi connectivity index (χ4n) is 3.21. The highest BCUT2D eigenvalue weighted by molar-refractivity contribution is 5.90. The lowest BCUT2D eigenvalue weighted by Gasteiger charge is -2.28. The molecular formula is C18H27ClN2O3. The van der Waals surface area contributed by atoms with Crippen LogP contribution in [0.3, 0.4) is 0 Å². The summed E-state index contributed by atoms with van der Waals surface area (Å²) in [5.74, 6) is 0.834. The molecule has 0 radical (unpaired) electrons. The van der Waals surface area contributed by atoms with E-state index in [0.717, 1.165) is 31.4 Å². The predicted molar refractivity (Wildman–Crippen MR) is 97.3 cm³/mol. The third-order valence-corrected chi connectivity index (χ3v) is 4.57. The zero-order valence-electron chi connectivity index (χ0n) is 14.1. The molecule has 0 atom stereocenters. The Morgan fingerprint density at radius 1 is 1.17 bits per heavy atom. The van der Waals surface area contributed by atoms with Crippen molar-refractivity contribution in [3.8, 4) is 0 Å². The van der Waals surface area contributed by atoms with Crippen molar-refractivity contribution in [2.24, 2.45) is 11.7 Å². The monoisotopic (exact) mass is 354 g/mol. The fourth-order valence-corrected chi connectivity index (χ4v) is 3.21. The predicted octanol–water partition coefficient (Wildman–Crippen LogP) is 3.23. The van der Waals surface area contributed by atoms with E-state index in [4.69, 9.17) is 10.5 Å². The Morgan fingerprint density at radius 2 is 1.79 bits per heavy atom. The van der Waals surface area contributed by atoms with Crippen molar-refractivity contribution in [3.05, 3.63) is 29.8 Å². The number of anilines is 1. The molecule has 134 valence electrons. The van der Waals surface area contributed by atoms with Crippen LogP contribution in [-0.4, -0.2) is 25.5 Å². The van der Waals surface area contributed by atoms with Crippen molar-refractivity contribution in [3.63, 3.8) is 0 Å². The molecule has 0 saturated heterocycles. The van der Waals surface area contributed by atoms with Gasteiger partial charge in [-0.2, -0.15) is 0 Å². The standard InChI is InChI=1S/C18H26N2O3.ClH/c1-23-18(22)12-13-2-4-14(5-3-13)15-6-8-16(9-7-15)20-17(21)10-11-19;/h6-9,13-14H,2-5,10-12,19H2,1H3,(H,20,21);1H/t13-,14-;. The maximum atomic E-state index is 11.5. The van der Waals surface area contributed by atoms with Crippen LogP contribution in [-0.2, 0) is 14.3 Å². The number of carbonyl (C=O) groups is 2. The molecule has 1 aromatic carbocycles. The van der Waals surface area contributed by atoms with Crippen LogP contribution in [0.4, 0.5) is 5.69 Å². The average Bonchev–Trinajstić information content (AvgIpc) is 2.56. The van der Waals surface area contributed by atoms with Crippen LogP contribution in [0.2, 0.25) is 0 Å². The van der Waals surface area contributed by atoms with Gasteiger partial charge in [0.2, 0.25) is 5.91 Å². The molecule has 0 unspecified atom stereocenters. The molecule has 1 saturated carbocycles. The summed E-state index contributed by atoms with van der Waals surface area (Å²) in [5.41, 5.74) is 7.48. The summed E-state index contributed by atoms with van der Waals surface area (Å²) in [6.45, 7) is 0.360. The van der Waals surface area contributed by atoms with Gasteiger partial charge in [0, 0.05) is 25.1 Å². The smallest absolute Gasteiger partial charge is 0.305 e. The lowest BCUT2D eigenvalue weighted by atomic mass is 9.77. The maximum Gasteiger partial charge on any atom is 0.305 e. The van der Waals surface area contributed by atoms with Gasteiger partial charge in [0.1, 0.15) is 0 Å². The zero-order chi connectivity index (χ0) is 16.7. The highest BCUT2D eigenvalue weighted by Gasteiger charge is 2.24. The number of halogens is 1. The van der Waals surface area contributed by atoms with Gasteiger partial charge >= 0.3 is 5.97 Å². The van der Waals surface area contributed by atoms with Gasteiger partial charge in [-0.15, -0.1) is 12.4 Å². The Kier molecular flexibility index (Phi) is 8.79. The molecule has 1 aliphatic carbocycles. The topological polar surface area (TPSA) is 81.4 Å². The number of ether oxygens (including phenoxy) is 1. The second-order valence-corrected chi connectivity index (χ2v) is 6.21. The van der Waals surface area contributed by atoms with Gasteiger partial charge in [-0.3, -0.25) is 9.59 Å². The minimum atomic E-state index is -0.106. The number of benzene rings is 1. The van der Waals surface area contributed by atoms with Crippen molar-refractivity contribution < 1.29 is 14.3 Å². The molecule has 1 aliphatic rings. The lowest BCUT2D eigenvalue weighted by molar-refractivity contribution is -0.142. The van der Waals surface area contributed by atoms with E-state index in [1.165, 1.54) is 12.7 Å². The number of nitrogens with two attached hydrogens (primary N) is 1. The average molecular weight is 355 g/mol. The molecule has 1 aromatic rings. The normalized spacial score (nSPS) is 19.9. The van der Waals surface area contributed by atoms with Crippen molar-refractivity contribution in [1.29, 1.82) is 0 Å². The number of carbonyl (C=O) groups excluding carboxylic acids is 2. The highest BCUT2D eigenvalue weighted by Crippen LogP contribution is 2.37. The first-order valence-corrected chi connectivity index (χ1v) is 8.29. The molecule has 3 N–H and O–H groups in total. The maximum absolute atomic E-state index is 11.5. The number of hydrogen-bond donors (Lipinski definition) is 2. The number of amides is 1. The number of esters is 1. The molecule has 0 aliphatic heterocycles. The van der Waals surface area contributed by atoms with Crippen molar-refractivity contribution >= 4 is 30.0 Å². The minimum Gasteiger partial charge on any atom is -0.469 e. The second kappa shape index (κ2) is 10.3. The van der Waals surface area contributed by atoms with Crippen molar-refractivity contribution in [2.75, 3.05) is 19.0 Å². The first-order chi connectivity index (χ1) is 11.1. The number of nitrogens with one attached hydrogen (secondary N) is 1. The summed E-state index contributed by atoms with van der Waals surface area (Å²) in [6, 6.07) is 8.07. The van der Waals surface area contributed by atoms with E-state index >= 15 is 0 Å². The first kappa shape index (κ1) is 20.5. The Labute approximate surface area is 149 Å². The molecule has 0 bridgehead atoms. The van der Waals surface area contributed by atoms with Gasteiger partial charge in [-0.25, -0.2) is 0 Å². The molecule has 5 nitrogen and oxygen atoms in total. The summed E-state index contributed by atoms with van der Waals surface area (Å²) < 4.78 is 4.75. The summed E-state index contributed by atoms with van der Waals surface area (Å²) in [4.78, 5) is 22.9. The molecule has 1 amide bonds. The van der Waals surface area contributed by atoms with Crippen LogP contribution in [0.25, 0.3) is 0 Å². The summed E-state index contributed by atoms with van der Waals surface area (Å²) >= 11 is 0. The van der Waals surface area contributed by atoms with Crippen molar-refractivity contribution in [1.82, 2.24) is 0 Å². The summed E-state index contributed by atoms with van der Waals surface area (Å²) in [7, 11) is 1.45. The summed E-state index contributed by atoms with van der Waals surface area (Å²) in [6.07, 6.45) is 5.20. The van der Waals surface area contributed by atoms with Gasteiger partial charge in [0.15, 0.2) is 0 Å². The van der Waals surface area contributed by atoms with E-state index in [1.54, 1.807) is 0 Å². The van der Waals surface area contributed by atoms with E-state index in [2.05, 4.69) is 17.4 Å². The van der Waals surface area contributed by atoms with Crippen LogP contribution in [0.15, 0.2) is 24.3 Å². The Morgan fingerprint density at radius 3 is 2.33 bits per heavy atom. The van der Waals surface area contributed by atoms with E-state index in [1.807, 2.05) is 12.1 Å². The fraction of sp³-hybridized carbons (Fsp3) is 0.556. The quantitative estimate of drug-likeness (QED) is 0.768. The summed E-state index contributed by atoms with van der Waals surface area (Å²) in [5, 5.41) is 2.84. The van der Waals surface area contributed by atoms with Crippen molar-refractivity contribution in [2.45, 2.75) is 44.4 Å². The lowest BCUT2D eigenvalue weighted by Crippen LogP contribution is -2.17. The molecule has 24 heavy (non-hydrogen) atoms. The van der Waals surface area contributed by atoms with E-state index < -0.39 is 0 Å². The van der Waals surface area contributed by atoms with Gasteiger partial charge in [-0.1, -0.05) is 12.1 Å². The molecule has 2 rings (SSSR count). The van der Waals surface area contributed by atoms with Crippen LogP contribution in [0.5, 0.6) is 0 Å². The van der Waals surface area contributed by atoms with Gasteiger partial charge < -0.3 is 15.8 Å². The van der Waals surface area contributed by atoms with Gasteiger partial charge in [0.25, 0.3) is 0 Å². The Hall–Kier alpha value is -1.59. The van der Waals surface area contributed by atoms with Crippen LogP contribution < -0.4 is 11.1 Å². The number of methoxy groups -OCH3 is 1. The zero-order valence-corrected chi connectivity index (χ0v) is 14.9. The molecule has 6 heteroatoms. The highest BCUT2D eigenvalue weighted by atomic mass is 35.5. The first-order valence-electron chi connectivity index (χ1n) is 8.29. The van der Waals surface area contributed by atoms with Gasteiger partial charge in [-0.05, 0) is 55.2 Å². The van der Waals surface area contributed by atoms with Crippen LogP contribution >= 0.6 is 12.4 Å². The van der Waals surface area contributed by atoms with Crippen LogP contribution in [0, 0.1) is 5.92 Å². The molecule has 0 spiro atoms. The number of hydrogen-bond acceptors (Lipinski definition) is 4. The molecule has 0 heterocycles. The molecule has 0 aromatic heterocycles. The number of rotatable bonds is 6. The third-order valence-electron chi connectivity index (χ3n) is 4.57. The molecular weight excluding hydrogens is 328 g/mol. The van der Waals surface area contributed by atoms with E-state index in [-0.39, 0.29) is 24.3 Å². The largest absolute Gasteiger partial charge is 0.469 e. The van der Waals surface area contributed by atoms with Crippen LogP contribution in [0.1, 0.15) is 50.0 Å².